The summed E-state index contributed by atoms with van der Waals surface area (Å²) >= 11 is 6.05. The van der Waals surface area contributed by atoms with Gasteiger partial charge in [-0.2, -0.15) is 0 Å². The molecule has 4 heteroatoms. The van der Waals surface area contributed by atoms with Crippen LogP contribution in [0.5, 0.6) is 0 Å². The minimum atomic E-state index is -0.446. The molecule has 1 aliphatic carbocycles. The summed E-state index contributed by atoms with van der Waals surface area (Å²) in [6.07, 6.45) is 10.5. The highest BCUT2D eigenvalue weighted by Crippen LogP contribution is 2.42. The average Bonchev–Trinajstić information content (AvgIpc) is 3.18. The fourth-order valence-corrected chi connectivity index (χ4v) is 5.78. The lowest BCUT2D eigenvalue weighted by atomic mass is 9.79. The van der Waals surface area contributed by atoms with Crippen LogP contribution in [-0.2, 0) is 14.9 Å². The Balaban J connectivity index is 1.44. The topological polar surface area (TPSA) is 30.7 Å². The number of hydrogen-bond acceptors (Lipinski definition) is 2. The van der Waals surface area contributed by atoms with Crippen LogP contribution < -0.4 is 4.90 Å². The van der Waals surface area contributed by atoms with Crippen LogP contribution in [0.2, 0.25) is 5.02 Å². The predicted molar refractivity (Wildman–Crippen MR) is 104 cm³/mol. The third-order valence-electron chi connectivity index (χ3n) is 7.10. The molecular weight excluding hydrogens is 346 g/mol. The Kier molecular flexibility index (Phi) is 5.56. The maximum absolute atomic E-state index is 13.2. The molecule has 1 saturated carbocycles. The summed E-state index contributed by atoms with van der Waals surface area (Å²) < 4.78 is 6.02. The quantitative estimate of drug-likeness (QED) is 0.815. The van der Waals surface area contributed by atoms with E-state index < -0.39 is 5.41 Å². The summed E-state index contributed by atoms with van der Waals surface area (Å²) in [7, 11) is 0. The molecule has 3 aliphatic rings. The second-order valence-corrected chi connectivity index (χ2v) is 8.99. The number of hydrogen-bond donors (Lipinski definition) is 1. The maximum Gasteiger partial charge on any atom is 0.316 e. The van der Waals surface area contributed by atoms with Gasteiger partial charge in [0, 0.05) is 10.9 Å². The molecule has 3 nitrogen and oxygen atoms in total. The van der Waals surface area contributed by atoms with Gasteiger partial charge in [-0.15, -0.1) is 0 Å². The zero-order valence-corrected chi connectivity index (χ0v) is 16.4. The van der Waals surface area contributed by atoms with Crippen LogP contribution >= 0.6 is 11.6 Å². The molecule has 3 fully saturated rings. The van der Waals surface area contributed by atoms with E-state index in [0.717, 1.165) is 36.3 Å². The molecule has 0 radical (unpaired) electrons. The fourth-order valence-electron chi connectivity index (χ4n) is 5.66. The first kappa shape index (κ1) is 18.3. The van der Waals surface area contributed by atoms with E-state index in [1.807, 2.05) is 24.3 Å². The first-order chi connectivity index (χ1) is 12.7. The highest BCUT2D eigenvalue weighted by Gasteiger charge is 2.45. The van der Waals surface area contributed by atoms with Crippen LogP contribution in [0.3, 0.4) is 0 Å². The van der Waals surface area contributed by atoms with Gasteiger partial charge >= 0.3 is 5.97 Å². The van der Waals surface area contributed by atoms with Gasteiger partial charge in [0.25, 0.3) is 0 Å². The van der Waals surface area contributed by atoms with Gasteiger partial charge in [0.1, 0.15) is 0 Å². The molecule has 0 bridgehead atoms. The van der Waals surface area contributed by atoms with E-state index in [1.165, 1.54) is 45.2 Å². The highest BCUT2D eigenvalue weighted by molar-refractivity contribution is 6.30. The molecule has 0 spiro atoms. The summed E-state index contributed by atoms with van der Waals surface area (Å²) in [4.78, 5) is 15.0. The summed E-state index contributed by atoms with van der Waals surface area (Å²) in [6.45, 7) is 3.23. The summed E-state index contributed by atoms with van der Waals surface area (Å²) in [5, 5.41) is 0.720. The third kappa shape index (κ3) is 3.53. The van der Waals surface area contributed by atoms with Gasteiger partial charge in [-0.25, -0.2) is 0 Å². The Bertz CT molecular complexity index is 622. The van der Waals surface area contributed by atoms with Crippen molar-refractivity contribution in [3.05, 3.63) is 34.9 Å². The van der Waals surface area contributed by atoms with Crippen molar-refractivity contribution in [3.63, 3.8) is 0 Å². The van der Waals surface area contributed by atoms with Crippen molar-refractivity contribution in [1.82, 2.24) is 0 Å². The van der Waals surface area contributed by atoms with Crippen LogP contribution in [0.1, 0.15) is 63.4 Å². The van der Waals surface area contributed by atoms with Crippen molar-refractivity contribution in [1.29, 1.82) is 0 Å². The van der Waals surface area contributed by atoms with Crippen molar-refractivity contribution in [2.45, 2.75) is 69.2 Å². The fraction of sp³-hybridized carbons (Fsp3) is 0.682. The second kappa shape index (κ2) is 7.90. The molecule has 1 aromatic rings. The molecule has 4 rings (SSSR count). The van der Waals surface area contributed by atoms with Crippen molar-refractivity contribution in [2.24, 2.45) is 5.92 Å². The van der Waals surface area contributed by atoms with Gasteiger partial charge in [0.15, 0.2) is 0 Å². The van der Waals surface area contributed by atoms with Crippen LogP contribution in [0.15, 0.2) is 24.3 Å². The number of rotatable bonds is 4. The first-order valence-corrected chi connectivity index (χ1v) is 10.8. The average molecular weight is 377 g/mol. The molecule has 1 N–H and O–H groups in total. The van der Waals surface area contributed by atoms with Gasteiger partial charge in [-0.1, -0.05) is 36.6 Å². The zero-order valence-electron chi connectivity index (χ0n) is 15.6. The van der Waals surface area contributed by atoms with E-state index in [4.69, 9.17) is 16.3 Å². The number of benzene rings is 1. The number of piperidine rings is 2. The second-order valence-electron chi connectivity index (χ2n) is 8.56. The molecular formula is C22H31ClNO2+. The lowest BCUT2D eigenvalue weighted by Gasteiger charge is -2.41. The first-order valence-electron chi connectivity index (χ1n) is 10.5. The molecule has 1 aromatic carbocycles. The zero-order chi connectivity index (χ0) is 18.0. The Morgan fingerprint density at radius 2 is 1.77 bits per heavy atom. The molecule has 0 amide bonds. The van der Waals surface area contributed by atoms with Crippen LogP contribution in [-0.4, -0.2) is 31.7 Å². The predicted octanol–water partition coefficient (Wildman–Crippen LogP) is 3.54. The van der Waals surface area contributed by atoms with Gasteiger partial charge < -0.3 is 9.64 Å². The Labute approximate surface area is 162 Å². The number of halogens is 1. The lowest BCUT2D eigenvalue weighted by molar-refractivity contribution is -0.940. The molecule has 0 aromatic heterocycles. The van der Waals surface area contributed by atoms with Crippen molar-refractivity contribution < 1.29 is 14.4 Å². The number of ether oxygens (including phenoxy) is 1. The monoisotopic (exact) mass is 376 g/mol. The number of fused-ring (bicyclic) bond motifs is 1. The SMILES string of the molecule is O=C(OC[C@H]1CCC[NH+]2CCCC[C@H]12)C1(c2ccc(Cl)cc2)CCCC1. The smallest absolute Gasteiger partial charge is 0.316 e. The van der Waals surface area contributed by atoms with Crippen molar-refractivity contribution >= 4 is 17.6 Å². The normalized spacial score (nSPS) is 30.6. The number of esters is 1. The molecule has 2 saturated heterocycles. The largest absolute Gasteiger partial charge is 0.464 e. The molecule has 26 heavy (non-hydrogen) atoms. The molecule has 2 heterocycles. The van der Waals surface area contributed by atoms with Gasteiger partial charge in [0.2, 0.25) is 0 Å². The summed E-state index contributed by atoms with van der Waals surface area (Å²) in [6, 6.07) is 8.54. The van der Waals surface area contributed by atoms with E-state index in [1.54, 1.807) is 4.90 Å². The molecule has 3 atom stereocenters. The molecule has 2 aliphatic heterocycles. The van der Waals surface area contributed by atoms with Crippen molar-refractivity contribution in [2.75, 3.05) is 19.7 Å². The minimum absolute atomic E-state index is 0.000236. The van der Waals surface area contributed by atoms with E-state index in [2.05, 4.69) is 0 Å². The Hall–Kier alpha value is -1.06. The van der Waals surface area contributed by atoms with Crippen LogP contribution in [0.4, 0.5) is 0 Å². The number of carbonyl (C=O) groups excluding carboxylic acids is 1. The van der Waals surface area contributed by atoms with Gasteiger partial charge in [0.05, 0.1) is 31.2 Å². The van der Waals surface area contributed by atoms with E-state index >= 15 is 0 Å². The van der Waals surface area contributed by atoms with Crippen molar-refractivity contribution in [3.8, 4) is 0 Å². The van der Waals surface area contributed by atoms with Crippen LogP contribution in [0.25, 0.3) is 0 Å². The number of nitrogens with one attached hydrogen (secondary N) is 1. The lowest BCUT2D eigenvalue weighted by Crippen LogP contribution is -3.18. The third-order valence-corrected chi connectivity index (χ3v) is 7.35. The Morgan fingerprint density at radius 1 is 1.04 bits per heavy atom. The molecule has 142 valence electrons. The van der Waals surface area contributed by atoms with Gasteiger partial charge in [-0.05, 0) is 62.6 Å². The summed E-state index contributed by atoms with van der Waals surface area (Å²) in [5.41, 5.74) is 0.635. The standard InChI is InChI=1S/C22H30ClNO2/c23-19-10-8-18(9-11-19)22(12-2-3-13-22)21(25)26-16-17-6-5-15-24-14-4-1-7-20(17)24/h8-11,17,20H,1-7,12-16H2/p+1/t17-,20-/m1/s1. The molecule has 1 unspecified atom stereocenters. The number of quaternary nitrogens is 1. The van der Waals surface area contributed by atoms with E-state index in [9.17, 15) is 4.79 Å². The summed E-state index contributed by atoms with van der Waals surface area (Å²) in [5.74, 6) is 0.548. The van der Waals surface area contributed by atoms with Crippen LogP contribution in [0, 0.1) is 5.92 Å². The van der Waals surface area contributed by atoms with Gasteiger partial charge in [-0.3, -0.25) is 4.79 Å². The minimum Gasteiger partial charge on any atom is -0.464 e. The highest BCUT2D eigenvalue weighted by atomic mass is 35.5. The number of carbonyl (C=O) groups is 1. The maximum atomic E-state index is 13.2. The van der Waals surface area contributed by atoms with E-state index in [-0.39, 0.29) is 5.97 Å². The van der Waals surface area contributed by atoms with E-state index in [0.29, 0.717) is 18.6 Å². The Morgan fingerprint density at radius 3 is 2.54 bits per heavy atom.